The summed E-state index contributed by atoms with van der Waals surface area (Å²) in [5.41, 5.74) is 7.25. The van der Waals surface area contributed by atoms with Gasteiger partial charge in [-0.25, -0.2) is 9.48 Å². The van der Waals surface area contributed by atoms with Gasteiger partial charge in [-0.15, -0.1) is 5.10 Å². The minimum Gasteiger partial charge on any atom is -0.480 e. The van der Waals surface area contributed by atoms with Crippen LogP contribution in [0.25, 0.3) is 5.69 Å². The van der Waals surface area contributed by atoms with Gasteiger partial charge < -0.3 is 30.1 Å². The monoisotopic (exact) mass is 615 g/mol. The second-order valence-electron chi connectivity index (χ2n) is 8.33. The number of nitrogens with zero attached hydrogens (tertiary/aromatic N) is 3. The van der Waals surface area contributed by atoms with E-state index in [0.29, 0.717) is 22.6 Å². The number of nitrogens with one attached hydrogen (secondary N) is 1. The number of para-hydroxylation sites is 1. The highest BCUT2D eigenvalue weighted by atomic mass is 35.5. The molecule has 2 aromatic carbocycles. The van der Waals surface area contributed by atoms with Gasteiger partial charge in [-0.05, 0) is 36.4 Å². The van der Waals surface area contributed by atoms with Gasteiger partial charge in [0.05, 0.1) is 38.4 Å². The van der Waals surface area contributed by atoms with Crippen molar-refractivity contribution in [3.63, 3.8) is 0 Å². The number of carbonyl (C=O) groups excluding carboxylic acids is 1. The van der Waals surface area contributed by atoms with E-state index in [0.717, 1.165) is 16.3 Å². The number of rotatable bonds is 10. The highest BCUT2D eigenvalue weighted by Crippen LogP contribution is 2.31. The summed E-state index contributed by atoms with van der Waals surface area (Å²) < 4.78 is 22.2. The molecule has 41 heavy (non-hydrogen) atoms. The van der Waals surface area contributed by atoms with Crippen LogP contribution in [-0.2, 0) is 25.5 Å². The smallest absolute Gasteiger partial charge is 0.438 e. The van der Waals surface area contributed by atoms with Gasteiger partial charge >= 0.3 is 19.7 Å². The zero-order valence-corrected chi connectivity index (χ0v) is 24.7. The van der Waals surface area contributed by atoms with Crippen LogP contribution in [0.4, 0.5) is 10.5 Å². The number of anilines is 1. The summed E-state index contributed by atoms with van der Waals surface area (Å²) in [7, 11) is -1.42. The molecule has 1 amide bonds. The Morgan fingerprint density at radius 2 is 1.73 bits per heavy atom. The van der Waals surface area contributed by atoms with E-state index in [-0.39, 0.29) is 6.61 Å². The first kappa shape index (κ1) is 35.5. The predicted octanol–water partition coefficient (Wildman–Crippen LogP) is 3.39. The molecule has 16 heteroatoms. The third kappa shape index (κ3) is 14.6. The fourth-order valence-corrected chi connectivity index (χ4v) is 3.30. The average molecular weight is 616 g/mol. The van der Waals surface area contributed by atoms with E-state index in [1.165, 1.54) is 14.2 Å². The first-order chi connectivity index (χ1) is 19.3. The summed E-state index contributed by atoms with van der Waals surface area (Å²) in [6.07, 6.45) is 0.566. The summed E-state index contributed by atoms with van der Waals surface area (Å²) in [6.45, 7) is 3.65. The van der Waals surface area contributed by atoms with Gasteiger partial charge in [-0.3, -0.25) is 19.5 Å². The second kappa shape index (κ2) is 18.0. The molecule has 6 N–H and O–H groups in total. The number of carboxylic acids is 1. The minimum absolute atomic E-state index is 0.199. The topological polar surface area (TPSA) is 199 Å². The molecule has 226 valence electrons. The number of hydrogen-bond donors (Lipinski definition) is 5. The number of amides is 1. The molecule has 14 nitrogen and oxygen atoms in total. The van der Waals surface area contributed by atoms with Crippen molar-refractivity contribution < 1.29 is 43.4 Å². The van der Waals surface area contributed by atoms with Crippen LogP contribution in [0.15, 0.2) is 60.8 Å². The van der Waals surface area contributed by atoms with Crippen molar-refractivity contribution in [1.82, 2.24) is 15.1 Å². The van der Waals surface area contributed by atoms with Gasteiger partial charge in [-0.2, -0.15) is 5.06 Å². The first-order valence-electron chi connectivity index (χ1n) is 11.9. The molecule has 0 aliphatic rings. The molecule has 0 saturated carbocycles. The summed E-state index contributed by atoms with van der Waals surface area (Å²) in [5, 5.41) is 16.2. The number of ether oxygens (including phenoxy) is 2. The molecular weight excluding hydrogens is 581 g/mol. The molecule has 0 aliphatic carbocycles. The van der Waals surface area contributed by atoms with Crippen LogP contribution >= 0.6 is 19.2 Å². The van der Waals surface area contributed by atoms with Crippen molar-refractivity contribution in [2.75, 3.05) is 32.1 Å². The summed E-state index contributed by atoms with van der Waals surface area (Å²) in [6, 6.07) is 16.6. The molecule has 3 rings (SSSR count). The number of aromatic nitrogens is 2. The van der Waals surface area contributed by atoms with E-state index in [1.54, 1.807) is 41.2 Å². The largest absolute Gasteiger partial charge is 0.480 e. The van der Waals surface area contributed by atoms with Crippen LogP contribution < -0.4 is 20.9 Å². The third-order valence-electron chi connectivity index (χ3n) is 4.36. The highest BCUT2D eigenvalue weighted by Gasteiger charge is 2.19. The molecule has 0 bridgehead atoms. The van der Waals surface area contributed by atoms with Crippen LogP contribution in [0.5, 0.6) is 5.88 Å². The van der Waals surface area contributed by atoms with Crippen molar-refractivity contribution in [3.05, 3.63) is 71.4 Å². The molecule has 0 aliphatic heterocycles. The summed E-state index contributed by atoms with van der Waals surface area (Å²) in [4.78, 5) is 43.1. The lowest BCUT2D eigenvalue weighted by atomic mass is 10.2. The number of benzene rings is 2. The molecule has 0 unspecified atom stereocenters. The summed E-state index contributed by atoms with van der Waals surface area (Å²) in [5.74, 6) is -0.699. The average Bonchev–Trinajstić information content (AvgIpc) is 3.37. The van der Waals surface area contributed by atoms with Crippen LogP contribution in [0.2, 0.25) is 5.02 Å². The maximum atomic E-state index is 11.9. The molecule has 1 aromatic heterocycles. The Bertz CT molecular complexity index is 1270. The SMILES string of the molecule is CC(C)N.COC(=O)N(OC)c1ccccc1COc1ccn(-c2ccc(Cl)cc2)n1.O=C(O)CNCP(=O)(O)O. The van der Waals surface area contributed by atoms with E-state index in [2.05, 4.69) is 10.4 Å². The normalized spacial score (nSPS) is 10.6. The molecule has 1 heterocycles. The molecule has 3 aromatic rings. The van der Waals surface area contributed by atoms with Crippen LogP contribution in [-0.4, -0.2) is 69.8 Å². The standard InChI is InChI=1S/C19H18ClN3O4.C3H8NO5P.C3H9N/c1-25-19(24)23(26-2)17-6-4-3-5-14(17)13-27-18-11-12-22(21-18)16-9-7-15(20)8-10-16;5-3(6)1-4-2-10(7,8)9;1-3(2)4/h3-12H,13H2,1-2H3;4H,1-2H2,(H,5,6)(H2,7,8,9);3H,4H2,1-2H3. The third-order valence-corrected chi connectivity index (χ3v) is 5.25. The van der Waals surface area contributed by atoms with Crippen LogP contribution in [0.1, 0.15) is 19.4 Å². The van der Waals surface area contributed by atoms with Crippen molar-refractivity contribution >= 4 is 36.9 Å². The Kier molecular flexibility index (Phi) is 15.6. The Morgan fingerprint density at radius 1 is 1.12 bits per heavy atom. The van der Waals surface area contributed by atoms with Crippen molar-refractivity contribution in [2.45, 2.75) is 26.5 Å². The fraction of sp³-hybridized carbons (Fsp3) is 0.320. The quantitative estimate of drug-likeness (QED) is 0.165. The van der Waals surface area contributed by atoms with Gasteiger partial charge in [-0.1, -0.05) is 43.6 Å². The number of hydrogen-bond acceptors (Lipinski definition) is 9. The van der Waals surface area contributed by atoms with Gasteiger partial charge in [0.25, 0.3) is 0 Å². The maximum Gasteiger partial charge on any atom is 0.438 e. The van der Waals surface area contributed by atoms with E-state index in [4.69, 9.17) is 46.5 Å². The van der Waals surface area contributed by atoms with E-state index >= 15 is 0 Å². The number of carbonyl (C=O) groups is 2. The number of hydroxylamine groups is 1. The molecular formula is C25H35ClN5O9P. The van der Waals surface area contributed by atoms with Gasteiger partial charge in [0.15, 0.2) is 0 Å². The maximum absolute atomic E-state index is 11.9. The molecule has 0 atom stereocenters. The second-order valence-corrected chi connectivity index (χ2v) is 10.4. The zero-order chi connectivity index (χ0) is 31.0. The van der Waals surface area contributed by atoms with E-state index in [9.17, 15) is 14.2 Å². The molecule has 0 fully saturated rings. The highest BCUT2D eigenvalue weighted by molar-refractivity contribution is 7.51. The Balaban J connectivity index is 0.000000501. The van der Waals surface area contributed by atoms with Gasteiger partial charge in [0.1, 0.15) is 6.61 Å². The molecule has 0 saturated heterocycles. The van der Waals surface area contributed by atoms with Crippen molar-refractivity contribution in [1.29, 1.82) is 0 Å². The van der Waals surface area contributed by atoms with Crippen molar-refractivity contribution in [3.8, 4) is 11.6 Å². The lowest BCUT2D eigenvalue weighted by molar-refractivity contribution is -0.135. The number of aliphatic carboxylic acids is 1. The van der Waals surface area contributed by atoms with Crippen molar-refractivity contribution in [2.24, 2.45) is 5.73 Å². The zero-order valence-electron chi connectivity index (χ0n) is 23.0. The number of nitrogens with two attached hydrogens (primary N) is 1. The summed E-state index contributed by atoms with van der Waals surface area (Å²) >= 11 is 5.91. The minimum atomic E-state index is -4.10. The Hall–Kier alpha value is -3.49. The fourth-order valence-electron chi connectivity index (χ4n) is 2.77. The van der Waals surface area contributed by atoms with Gasteiger partial charge in [0.2, 0.25) is 5.88 Å². The van der Waals surface area contributed by atoms with Crippen LogP contribution in [0.3, 0.4) is 0 Å². The number of halogens is 1. The molecule has 0 radical (unpaired) electrons. The Morgan fingerprint density at radius 3 is 2.27 bits per heavy atom. The first-order valence-corrected chi connectivity index (χ1v) is 14.1. The lowest BCUT2D eigenvalue weighted by Gasteiger charge is -2.20. The number of methoxy groups -OCH3 is 1. The lowest BCUT2D eigenvalue weighted by Crippen LogP contribution is -2.30. The molecule has 0 spiro atoms. The van der Waals surface area contributed by atoms with Crippen LogP contribution in [0, 0.1) is 0 Å². The Labute approximate surface area is 242 Å². The van der Waals surface area contributed by atoms with Gasteiger partial charge in [0, 0.05) is 22.8 Å². The predicted molar refractivity (Wildman–Crippen MR) is 153 cm³/mol. The van der Waals surface area contributed by atoms with E-state index < -0.39 is 32.5 Å². The van der Waals surface area contributed by atoms with E-state index in [1.807, 2.05) is 38.1 Å². The number of carboxylic acid groups (broad SMARTS) is 1.